The number of aromatic nitrogens is 3. The first-order valence-corrected chi connectivity index (χ1v) is 11.4. The number of ether oxygens (including phenoxy) is 3. The van der Waals surface area contributed by atoms with E-state index >= 15 is 0 Å². The van der Waals surface area contributed by atoms with Gasteiger partial charge in [-0.15, -0.1) is 8.78 Å². The Morgan fingerprint density at radius 1 is 1.18 bits per heavy atom. The van der Waals surface area contributed by atoms with E-state index in [1.165, 1.54) is 12.1 Å². The molecule has 0 amide bonds. The molecule has 10 heteroatoms. The summed E-state index contributed by atoms with van der Waals surface area (Å²) in [4.78, 5) is 4.42. The van der Waals surface area contributed by atoms with E-state index < -0.39 is 12.4 Å². The number of alkyl halides is 2. The number of nitrogens with one attached hydrogen (secondary N) is 1. The summed E-state index contributed by atoms with van der Waals surface area (Å²) in [5.41, 5.74) is 4.33. The molecule has 0 spiro atoms. The first kappa shape index (κ1) is 21.3. The van der Waals surface area contributed by atoms with Gasteiger partial charge in [-0.05, 0) is 56.0 Å². The van der Waals surface area contributed by atoms with Gasteiger partial charge in [0.2, 0.25) is 0 Å². The van der Waals surface area contributed by atoms with Crippen LogP contribution in [-0.4, -0.2) is 39.4 Å². The highest BCUT2D eigenvalue weighted by Crippen LogP contribution is 2.43. The number of benzene rings is 1. The summed E-state index contributed by atoms with van der Waals surface area (Å²) in [6.45, 7) is 3.17. The lowest BCUT2D eigenvalue weighted by molar-refractivity contribution is -0.286. The molecule has 2 aliphatic heterocycles. The molecule has 3 aliphatic rings. The van der Waals surface area contributed by atoms with Crippen LogP contribution in [0.1, 0.15) is 54.8 Å². The summed E-state index contributed by atoms with van der Waals surface area (Å²) in [6, 6.07) is 8.44. The zero-order valence-electron chi connectivity index (χ0n) is 18.5. The predicted octanol–water partition coefficient (Wildman–Crippen LogP) is 4.38. The normalized spacial score (nSPS) is 21.6. The number of rotatable bonds is 5. The molecule has 1 aromatic carbocycles. The molecule has 0 unspecified atom stereocenters. The SMILES string of the molecule is C[C@H](Nc1cc(-c2nn(C3COC3)c3c2[C@H](O)CCC3)ccn1)c1ccc2c(c1)OC(F)(F)O2. The predicted molar refractivity (Wildman–Crippen MR) is 118 cm³/mol. The molecule has 2 atom stereocenters. The average molecular weight is 470 g/mol. The van der Waals surface area contributed by atoms with Gasteiger partial charge in [0, 0.05) is 23.0 Å². The summed E-state index contributed by atoms with van der Waals surface area (Å²) in [6.07, 6.45) is 0.0118. The fraction of sp³-hybridized carbons (Fsp3) is 0.417. The van der Waals surface area contributed by atoms with E-state index in [0.29, 0.717) is 25.5 Å². The van der Waals surface area contributed by atoms with Gasteiger partial charge in [-0.2, -0.15) is 5.10 Å². The van der Waals surface area contributed by atoms with Crippen molar-refractivity contribution in [2.75, 3.05) is 18.5 Å². The van der Waals surface area contributed by atoms with Crippen LogP contribution in [0.4, 0.5) is 14.6 Å². The van der Waals surface area contributed by atoms with Crippen LogP contribution in [0.5, 0.6) is 11.5 Å². The lowest BCUT2D eigenvalue weighted by atomic mass is 9.91. The molecule has 8 nitrogen and oxygen atoms in total. The van der Waals surface area contributed by atoms with E-state index in [9.17, 15) is 13.9 Å². The molecule has 0 bridgehead atoms. The Morgan fingerprint density at radius 2 is 2.00 bits per heavy atom. The number of aliphatic hydroxyl groups excluding tert-OH is 1. The fourth-order valence-electron chi connectivity index (χ4n) is 4.77. The second-order valence-corrected chi connectivity index (χ2v) is 8.92. The Kier molecular flexibility index (Phi) is 4.96. The third-order valence-electron chi connectivity index (χ3n) is 6.56. The highest BCUT2D eigenvalue weighted by molar-refractivity contribution is 5.68. The van der Waals surface area contributed by atoms with E-state index in [-0.39, 0.29) is 23.6 Å². The molecule has 0 saturated carbocycles. The van der Waals surface area contributed by atoms with Gasteiger partial charge in [0.25, 0.3) is 0 Å². The highest BCUT2D eigenvalue weighted by atomic mass is 19.3. The van der Waals surface area contributed by atoms with Crippen LogP contribution < -0.4 is 14.8 Å². The zero-order chi connectivity index (χ0) is 23.4. The summed E-state index contributed by atoms with van der Waals surface area (Å²) in [7, 11) is 0. The topological polar surface area (TPSA) is 90.7 Å². The van der Waals surface area contributed by atoms with Gasteiger partial charge >= 0.3 is 6.29 Å². The van der Waals surface area contributed by atoms with Crippen molar-refractivity contribution in [3.05, 3.63) is 53.3 Å². The third-order valence-corrected chi connectivity index (χ3v) is 6.56. The van der Waals surface area contributed by atoms with Crippen molar-refractivity contribution in [3.8, 4) is 22.8 Å². The van der Waals surface area contributed by atoms with Crippen LogP contribution in [0, 0.1) is 0 Å². The molecular weight excluding hydrogens is 446 g/mol. The highest BCUT2D eigenvalue weighted by Gasteiger charge is 2.43. The Morgan fingerprint density at radius 3 is 2.79 bits per heavy atom. The van der Waals surface area contributed by atoms with Crippen LogP contribution in [0.2, 0.25) is 0 Å². The lowest BCUT2D eigenvalue weighted by Gasteiger charge is -2.29. The first-order chi connectivity index (χ1) is 16.4. The maximum atomic E-state index is 13.3. The van der Waals surface area contributed by atoms with Gasteiger partial charge in [-0.25, -0.2) is 4.98 Å². The van der Waals surface area contributed by atoms with E-state index in [4.69, 9.17) is 9.84 Å². The van der Waals surface area contributed by atoms with Crippen molar-refractivity contribution < 1.29 is 28.1 Å². The number of anilines is 1. The minimum Gasteiger partial charge on any atom is -0.395 e. The monoisotopic (exact) mass is 470 g/mol. The fourth-order valence-corrected chi connectivity index (χ4v) is 4.77. The summed E-state index contributed by atoms with van der Waals surface area (Å²) >= 11 is 0. The molecule has 0 radical (unpaired) electrons. The molecule has 1 fully saturated rings. The van der Waals surface area contributed by atoms with E-state index in [1.807, 2.05) is 23.7 Å². The van der Waals surface area contributed by atoms with Gasteiger partial charge in [0.05, 0.1) is 37.1 Å². The van der Waals surface area contributed by atoms with Crippen molar-refractivity contribution in [2.24, 2.45) is 0 Å². The second-order valence-electron chi connectivity index (χ2n) is 8.92. The van der Waals surface area contributed by atoms with Crippen molar-refractivity contribution in [1.29, 1.82) is 0 Å². The Bertz CT molecular complexity index is 1240. The lowest BCUT2D eigenvalue weighted by Crippen LogP contribution is -2.33. The van der Waals surface area contributed by atoms with Gasteiger partial charge in [0.15, 0.2) is 11.5 Å². The van der Waals surface area contributed by atoms with Gasteiger partial charge < -0.3 is 24.6 Å². The quantitative estimate of drug-likeness (QED) is 0.572. The molecular formula is C24H24F2N4O4. The maximum Gasteiger partial charge on any atom is 0.586 e. The van der Waals surface area contributed by atoms with Crippen LogP contribution >= 0.6 is 0 Å². The van der Waals surface area contributed by atoms with Gasteiger partial charge in [0.1, 0.15) is 5.82 Å². The average Bonchev–Trinajstić information content (AvgIpc) is 3.29. The standard InChI is InChI=1S/C24H24F2N4O4/c1-13(14-5-6-19-20(9-14)34-24(25,26)33-19)28-21-10-15(7-8-27-21)23-22-17(3-2-4-18(22)31)30(29-23)16-11-32-12-16/h5-10,13,16,18,31H,2-4,11-12H2,1H3,(H,27,28)/t13-,18+/m0/s1. The summed E-state index contributed by atoms with van der Waals surface area (Å²) < 4.78 is 43.1. The molecule has 2 aromatic heterocycles. The van der Waals surface area contributed by atoms with Crippen LogP contribution in [0.15, 0.2) is 36.5 Å². The zero-order valence-corrected chi connectivity index (χ0v) is 18.5. The number of hydrogen-bond acceptors (Lipinski definition) is 7. The van der Waals surface area contributed by atoms with Crippen molar-refractivity contribution in [2.45, 2.75) is 50.7 Å². The molecule has 178 valence electrons. The molecule has 6 rings (SSSR count). The number of halogens is 2. The van der Waals surface area contributed by atoms with Gasteiger partial charge in [-0.1, -0.05) is 6.07 Å². The second kappa shape index (κ2) is 7.92. The van der Waals surface area contributed by atoms with E-state index in [0.717, 1.165) is 40.9 Å². The molecule has 4 heterocycles. The number of hydrogen-bond donors (Lipinski definition) is 2. The molecule has 34 heavy (non-hydrogen) atoms. The van der Waals surface area contributed by atoms with E-state index in [1.54, 1.807) is 12.3 Å². The Hall–Kier alpha value is -3.24. The minimum atomic E-state index is -3.65. The largest absolute Gasteiger partial charge is 0.586 e. The van der Waals surface area contributed by atoms with Crippen LogP contribution in [0.25, 0.3) is 11.3 Å². The Balaban J connectivity index is 1.28. The van der Waals surface area contributed by atoms with Crippen molar-refractivity contribution >= 4 is 5.82 Å². The number of aliphatic hydroxyl groups is 1. The van der Waals surface area contributed by atoms with E-state index in [2.05, 4.69) is 19.8 Å². The van der Waals surface area contributed by atoms with Gasteiger partial charge in [-0.3, -0.25) is 4.68 Å². The molecule has 2 N–H and O–H groups in total. The molecule has 3 aromatic rings. The number of pyridine rings is 1. The number of fused-ring (bicyclic) bond motifs is 2. The Labute approximate surface area is 194 Å². The van der Waals surface area contributed by atoms with Crippen LogP contribution in [-0.2, 0) is 11.2 Å². The molecule has 1 aliphatic carbocycles. The smallest absolute Gasteiger partial charge is 0.395 e. The first-order valence-electron chi connectivity index (χ1n) is 11.4. The minimum absolute atomic E-state index is 0.00369. The van der Waals surface area contributed by atoms with Crippen LogP contribution in [0.3, 0.4) is 0 Å². The summed E-state index contributed by atoms with van der Waals surface area (Å²) in [5, 5.41) is 19.0. The molecule has 1 saturated heterocycles. The van der Waals surface area contributed by atoms with Crippen molar-refractivity contribution in [1.82, 2.24) is 14.8 Å². The summed E-state index contributed by atoms with van der Waals surface area (Å²) in [5.74, 6) is 0.620. The maximum absolute atomic E-state index is 13.3. The number of nitrogens with zero attached hydrogens (tertiary/aromatic N) is 3. The van der Waals surface area contributed by atoms with Crippen molar-refractivity contribution in [3.63, 3.8) is 0 Å². The third kappa shape index (κ3) is 3.67.